The minimum absolute atomic E-state index is 0.0797. The zero-order valence-electron chi connectivity index (χ0n) is 16.0. The predicted molar refractivity (Wildman–Crippen MR) is 105 cm³/mol. The molecule has 0 N–H and O–H groups in total. The molecule has 1 aromatic heterocycles. The van der Waals surface area contributed by atoms with Crippen molar-refractivity contribution < 1.29 is 18.5 Å². The van der Waals surface area contributed by atoms with Crippen LogP contribution in [0.25, 0.3) is 11.1 Å². The van der Waals surface area contributed by atoms with E-state index < -0.39 is 5.82 Å². The number of carbonyl (C=O) groups excluding carboxylic acids is 2. The third kappa shape index (κ3) is 4.17. The summed E-state index contributed by atoms with van der Waals surface area (Å²) >= 11 is 0. The highest BCUT2D eigenvalue weighted by molar-refractivity contribution is 5.97. The molecule has 0 atom stereocenters. The Morgan fingerprint density at radius 1 is 1.07 bits per heavy atom. The molecule has 0 aliphatic carbocycles. The first-order valence-corrected chi connectivity index (χ1v) is 9.01. The Kier molecular flexibility index (Phi) is 5.68. The van der Waals surface area contributed by atoms with Gasteiger partial charge in [0.2, 0.25) is 5.91 Å². The van der Waals surface area contributed by atoms with Gasteiger partial charge >= 0.3 is 0 Å². The summed E-state index contributed by atoms with van der Waals surface area (Å²) in [7, 11) is 1.56. The Morgan fingerprint density at radius 2 is 1.75 bits per heavy atom. The lowest BCUT2D eigenvalue weighted by molar-refractivity contribution is -0.118. The van der Waals surface area contributed by atoms with E-state index in [4.69, 9.17) is 4.52 Å². The minimum atomic E-state index is -0.470. The molecule has 0 bridgehead atoms. The Labute approximate surface area is 162 Å². The zero-order valence-corrected chi connectivity index (χ0v) is 16.0. The Bertz CT molecular complexity index is 1010. The van der Waals surface area contributed by atoms with Gasteiger partial charge in [-0.1, -0.05) is 42.4 Å². The maximum absolute atomic E-state index is 14.5. The summed E-state index contributed by atoms with van der Waals surface area (Å²) in [6.07, 6.45) is 0.447. The van der Waals surface area contributed by atoms with E-state index in [1.54, 1.807) is 63.4 Å². The van der Waals surface area contributed by atoms with E-state index in [1.165, 1.54) is 11.0 Å². The van der Waals surface area contributed by atoms with Crippen molar-refractivity contribution in [2.24, 2.45) is 0 Å². The zero-order chi connectivity index (χ0) is 20.3. The number of hydrogen-bond donors (Lipinski definition) is 0. The molecule has 28 heavy (non-hydrogen) atoms. The van der Waals surface area contributed by atoms with E-state index in [-0.39, 0.29) is 23.8 Å². The van der Waals surface area contributed by atoms with E-state index >= 15 is 0 Å². The summed E-state index contributed by atoms with van der Waals surface area (Å²) in [5.41, 5.74) is 2.97. The number of aromatic nitrogens is 1. The molecule has 0 saturated heterocycles. The first-order chi connectivity index (χ1) is 13.4. The number of ketones is 1. The maximum atomic E-state index is 14.5. The number of rotatable bonds is 6. The number of Topliss-reactive ketones (excluding diaryl/α,β-unsaturated/α-hetero) is 1. The van der Waals surface area contributed by atoms with E-state index in [0.717, 1.165) is 11.3 Å². The molecule has 6 heteroatoms. The summed E-state index contributed by atoms with van der Waals surface area (Å²) in [5, 5.41) is 3.77. The maximum Gasteiger partial charge on any atom is 0.226 e. The molecule has 0 spiro atoms. The third-order valence-corrected chi connectivity index (χ3v) is 4.54. The van der Waals surface area contributed by atoms with Crippen LogP contribution in [0.5, 0.6) is 0 Å². The van der Waals surface area contributed by atoms with Gasteiger partial charge in [-0.3, -0.25) is 9.59 Å². The first kappa shape index (κ1) is 19.5. The summed E-state index contributed by atoms with van der Waals surface area (Å²) in [5.74, 6) is -0.182. The fraction of sp³-hybridized carbons (Fsp3) is 0.227. The predicted octanol–water partition coefficient (Wildman–Crippen LogP) is 4.59. The molecule has 0 radical (unpaired) electrons. The van der Waals surface area contributed by atoms with Crippen molar-refractivity contribution in [2.75, 3.05) is 11.9 Å². The van der Waals surface area contributed by atoms with Crippen LogP contribution in [0.1, 0.15) is 35.2 Å². The van der Waals surface area contributed by atoms with Gasteiger partial charge in [-0.05, 0) is 30.2 Å². The highest BCUT2D eigenvalue weighted by atomic mass is 19.1. The number of anilines is 1. The Balaban J connectivity index is 1.77. The lowest BCUT2D eigenvalue weighted by Gasteiger charge is -2.17. The van der Waals surface area contributed by atoms with Gasteiger partial charge < -0.3 is 9.42 Å². The minimum Gasteiger partial charge on any atom is -0.361 e. The molecule has 0 fully saturated rings. The third-order valence-electron chi connectivity index (χ3n) is 4.54. The average Bonchev–Trinajstić information content (AvgIpc) is 3.11. The second-order valence-corrected chi connectivity index (χ2v) is 6.58. The van der Waals surface area contributed by atoms with Gasteiger partial charge in [0.05, 0.1) is 17.8 Å². The molecule has 3 rings (SSSR count). The number of carbonyl (C=O) groups is 2. The molecular weight excluding hydrogens is 359 g/mol. The molecule has 0 saturated carbocycles. The fourth-order valence-electron chi connectivity index (χ4n) is 2.94. The molecule has 0 aliphatic heterocycles. The van der Waals surface area contributed by atoms with Crippen molar-refractivity contribution in [3.05, 3.63) is 71.4 Å². The van der Waals surface area contributed by atoms with Crippen LogP contribution in [0, 0.1) is 12.7 Å². The number of aryl methyl sites for hydroxylation is 1. The van der Waals surface area contributed by atoms with Gasteiger partial charge in [-0.2, -0.15) is 0 Å². The molecule has 1 heterocycles. The van der Waals surface area contributed by atoms with Crippen LogP contribution in [0.3, 0.4) is 0 Å². The monoisotopic (exact) mass is 380 g/mol. The quantitative estimate of drug-likeness (QED) is 0.587. The van der Waals surface area contributed by atoms with Crippen molar-refractivity contribution >= 4 is 17.4 Å². The summed E-state index contributed by atoms with van der Waals surface area (Å²) in [6, 6.07) is 13.4. The van der Waals surface area contributed by atoms with Gasteiger partial charge in [-0.15, -0.1) is 0 Å². The molecule has 0 aliphatic rings. The van der Waals surface area contributed by atoms with Crippen LogP contribution in [-0.2, 0) is 11.2 Å². The molecule has 2 aromatic carbocycles. The standard InChI is InChI=1S/C22H21FN2O3/c1-4-22(27)25(3)20-10-9-17(12-19(20)23)15-5-7-16(8-6-15)21(26)13-18-11-14(2)24-28-18/h5-12H,4,13H2,1-3H3. The smallest absolute Gasteiger partial charge is 0.226 e. The Hall–Kier alpha value is -3.28. The van der Waals surface area contributed by atoms with Crippen LogP contribution in [-0.4, -0.2) is 23.9 Å². The second-order valence-electron chi connectivity index (χ2n) is 6.58. The van der Waals surface area contributed by atoms with Gasteiger partial charge in [0.25, 0.3) is 0 Å². The highest BCUT2D eigenvalue weighted by Crippen LogP contribution is 2.27. The molecule has 1 amide bonds. The van der Waals surface area contributed by atoms with E-state index in [1.807, 2.05) is 0 Å². The lowest BCUT2D eigenvalue weighted by Crippen LogP contribution is -2.25. The van der Waals surface area contributed by atoms with Crippen molar-refractivity contribution in [3.8, 4) is 11.1 Å². The number of amides is 1. The molecule has 5 nitrogen and oxygen atoms in total. The molecule has 0 unspecified atom stereocenters. The number of halogens is 1. The van der Waals surface area contributed by atoms with Gasteiger partial charge in [-0.25, -0.2) is 4.39 Å². The topological polar surface area (TPSA) is 63.4 Å². The highest BCUT2D eigenvalue weighted by Gasteiger charge is 2.15. The van der Waals surface area contributed by atoms with Crippen LogP contribution in [0.4, 0.5) is 10.1 Å². The average molecular weight is 380 g/mol. The summed E-state index contributed by atoms with van der Waals surface area (Å²) in [6.45, 7) is 3.53. The first-order valence-electron chi connectivity index (χ1n) is 9.01. The van der Waals surface area contributed by atoms with Crippen molar-refractivity contribution in [2.45, 2.75) is 26.7 Å². The van der Waals surface area contributed by atoms with Gasteiger partial charge in [0.15, 0.2) is 5.78 Å². The largest absolute Gasteiger partial charge is 0.361 e. The number of nitrogens with zero attached hydrogens (tertiary/aromatic N) is 2. The van der Waals surface area contributed by atoms with E-state index in [0.29, 0.717) is 23.3 Å². The van der Waals surface area contributed by atoms with Crippen LogP contribution >= 0.6 is 0 Å². The van der Waals surface area contributed by atoms with Crippen LogP contribution in [0.15, 0.2) is 53.1 Å². The van der Waals surface area contributed by atoms with Crippen molar-refractivity contribution in [3.63, 3.8) is 0 Å². The van der Waals surface area contributed by atoms with Gasteiger partial charge in [0.1, 0.15) is 11.6 Å². The normalized spacial score (nSPS) is 10.7. The SMILES string of the molecule is CCC(=O)N(C)c1ccc(-c2ccc(C(=O)Cc3cc(C)no3)cc2)cc1F. The van der Waals surface area contributed by atoms with Crippen LogP contribution < -0.4 is 4.90 Å². The molecule has 144 valence electrons. The molecular formula is C22H21FN2O3. The van der Waals surface area contributed by atoms with Crippen molar-refractivity contribution in [1.82, 2.24) is 5.16 Å². The van der Waals surface area contributed by atoms with E-state index in [9.17, 15) is 14.0 Å². The number of hydrogen-bond acceptors (Lipinski definition) is 4. The van der Waals surface area contributed by atoms with E-state index in [2.05, 4.69) is 5.16 Å². The van der Waals surface area contributed by atoms with Crippen molar-refractivity contribution in [1.29, 1.82) is 0 Å². The Morgan fingerprint density at radius 3 is 2.32 bits per heavy atom. The summed E-state index contributed by atoms with van der Waals surface area (Å²) < 4.78 is 19.5. The van der Waals surface area contributed by atoms with Crippen LogP contribution in [0.2, 0.25) is 0 Å². The number of benzene rings is 2. The summed E-state index contributed by atoms with van der Waals surface area (Å²) in [4.78, 5) is 25.4. The fourth-order valence-corrected chi connectivity index (χ4v) is 2.94. The van der Waals surface area contributed by atoms with Gasteiger partial charge in [0, 0.05) is 25.1 Å². The second kappa shape index (κ2) is 8.17. The lowest BCUT2D eigenvalue weighted by atomic mass is 10.0. The molecule has 3 aromatic rings.